The van der Waals surface area contributed by atoms with E-state index in [0.717, 1.165) is 0 Å². The van der Waals surface area contributed by atoms with Crippen molar-refractivity contribution in [1.29, 1.82) is 0 Å². The predicted molar refractivity (Wildman–Crippen MR) is 82.2 cm³/mol. The van der Waals surface area contributed by atoms with Gasteiger partial charge in [-0.3, -0.25) is 4.79 Å². The highest BCUT2D eigenvalue weighted by atomic mass is 16.5. The van der Waals surface area contributed by atoms with Gasteiger partial charge in [-0.2, -0.15) is 0 Å². The standard InChI is InChI=1S/C17H14N2O3/c1-12-18-11-16(21-12)17(20)19-14-9-5-6-10-15(14)22-13-7-3-2-4-8-13/h2-11H,1H3,(H,19,20). The summed E-state index contributed by atoms with van der Waals surface area (Å²) < 4.78 is 11.0. The third kappa shape index (κ3) is 3.15. The average molecular weight is 294 g/mol. The molecule has 0 aliphatic rings. The van der Waals surface area contributed by atoms with Crippen molar-refractivity contribution in [2.75, 3.05) is 5.32 Å². The monoisotopic (exact) mass is 294 g/mol. The van der Waals surface area contributed by atoms with Crippen LogP contribution in [0.5, 0.6) is 11.5 Å². The first-order chi connectivity index (χ1) is 10.7. The van der Waals surface area contributed by atoms with Gasteiger partial charge < -0.3 is 14.5 Å². The zero-order valence-corrected chi connectivity index (χ0v) is 11.9. The second-order valence-electron chi connectivity index (χ2n) is 4.61. The molecule has 3 rings (SSSR count). The van der Waals surface area contributed by atoms with E-state index in [9.17, 15) is 4.79 Å². The van der Waals surface area contributed by atoms with Crippen LogP contribution in [-0.4, -0.2) is 10.9 Å². The Labute approximate surface area is 127 Å². The molecular weight excluding hydrogens is 280 g/mol. The van der Waals surface area contributed by atoms with E-state index >= 15 is 0 Å². The minimum atomic E-state index is -0.371. The number of aryl methyl sites for hydroxylation is 1. The lowest BCUT2D eigenvalue weighted by Gasteiger charge is -2.11. The molecule has 0 atom stereocenters. The summed E-state index contributed by atoms with van der Waals surface area (Å²) in [6.45, 7) is 1.68. The molecule has 1 amide bonds. The zero-order valence-electron chi connectivity index (χ0n) is 11.9. The molecule has 0 fully saturated rings. The van der Waals surface area contributed by atoms with E-state index < -0.39 is 0 Å². The number of hydrogen-bond acceptors (Lipinski definition) is 4. The molecule has 1 aromatic heterocycles. The fourth-order valence-corrected chi connectivity index (χ4v) is 1.92. The van der Waals surface area contributed by atoms with Crippen LogP contribution < -0.4 is 10.1 Å². The average Bonchev–Trinajstić information content (AvgIpc) is 2.97. The molecule has 5 heteroatoms. The van der Waals surface area contributed by atoms with E-state index in [1.54, 1.807) is 19.1 Å². The van der Waals surface area contributed by atoms with E-state index in [1.165, 1.54) is 6.20 Å². The van der Waals surface area contributed by atoms with Crippen LogP contribution in [0.2, 0.25) is 0 Å². The molecule has 0 spiro atoms. The van der Waals surface area contributed by atoms with Crippen molar-refractivity contribution in [3.63, 3.8) is 0 Å². The van der Waals surface area contributed by atoms with Crippen molar-refractivity contribution in [2.45, 2.75) is 6.92 Å². The summed E-state index contributed by atoms with van der Waals surface area (Å²) in [5, 5.41) is 2.76. The first kappa shape index (κ1) is 13.9. The molecule has 0 saturated carbocycles. The van der Waals surface area contributed by atoms with Gasteiger partial charge in [-0.25, -0.2) is 4.98 Å². The fourth-order valence-electron chi connectivity index (χ4n) is 1.92. The predicted octanol–water partition coefficient (Wildman–Crippen LogP) is 4.03. The number of aromatic nitrogens is 1. The quantitative estimate of drug-likeness (QED) is 0.789. The first-order valence-electron chi connectivity index (χ1n) is 6.78. The van der Waals surface area contributed by atoms with Gasteiger partial charge in [0.1, 0.15) is 5.75 Å². The number of carbonyl (C=O) groups is 1. The Morgan fingerprint density at radius 1 is 1.09 bits per heavy atom. The maximum Gasteiger partial charge on any atom is 0.293 e. The lowest BCUT2D eigenvalue weighted by Crippen LogP contribution is -2.11. The van der Waals surface area contributed by atoms with Crippen LogP contribution in [0.3, 0.4) is 0 Å². The Kier molecular flexibility index (Phi) is 3.87. The molecule has 0 radical (unpaired) electrons. The SMILES string of the molecule is Cc1ncc(C(=O)Nc2ccccc2Oc2ccccc2)o1. The third-order valence-corrected chi connectivity index (χ3v) is 2.95. The van der Waals surface area contributed by atoms with Gasteiger partial charge in [0.25, 0.3) is 5.91 Å². The van der Waals surface area contributed by atoms with Gasteiger partial charge in [0.15, 0.2) is 11.6 Å². The molecule has 0 aliphatic carbocycles. The maximum absolute atomic E-state index is 12.1. The minimum Gasteiger partial charge on any atom is -0.455 e. The van der Waals surface area contributed by atoms with Crippen molar-refractivity contribution >= 4 is 11.6 Å². The van der Waals surface area contributed by atoms with Gasteiger partial charge >= 0.3 is 0 Å². The zero-order chi connectivity index (χ0) is 15.4. The van der Waals surface area contributed by atoms with Gasteiger partial charge in [0.2, 0.25) is 5.76 Å². The summed E-state index contributed by atoms with van der Waals surface area (Å²) in [5.74, 6) is 1.48. The van der Waals surface area contributed by atoms with E-state index in [-0.39, 0.29) is 11.7 Å². The molecule has 0 saturated heterocycles. The molecular formula is C17H14N2O3. The van der Waals surface area contributed by atoms with Crippen LogP contribution in [0.4, 0.5) is 5.69 Å². The van der Waals surface area contributed by atoms with Crippen LogP contribution in [0.1, 0.15) is 16.4 Å². The number of hydrogen-bond donors (Lipinski definition) is 1. The van der Waals surface area contributed by atoms with Gasteiger partial charge in [0, 0.05) is 6.92 Å². The van der Waals surface area contributed by atoms with E-state index in [2.05, 4.69) is 10.3 Å². The van der Waals surface area contributed by atoms with Gasteiger partial charge in [0.05, 0.1) is 11.9 Å². The summed E-state index contributed by atoms with van der Waals surface area (Å²) in [6, 6.07) is 16.6. The van der Waals surface area contributed by atoms with Crippen molar-refractivity contribution < 1.29 is 13.9 Å². The largest absolute Gasteiger partial charge is 0.455 e. The molecule has 3 aromatic rings. The second kappa shape index (κ2) is 6.13. The summed E-state index contributed by atoms with van der Waals surface area (Å²) in [5.41, 5.74) is 0.561. The molecule has 1 N–H and O–H groups in total. The molecule has 0 aliphatic heterocycles. The highest BCUT2D eigenvalue weighted by Gasteiger charge is 2.13. The fraction of sp³-hybridized carbons (Fsp3) is 0.0588. The molecule has 0 bridgehead atoms. The van der Waals surface area contributed by atoms with Crippen molar-refractivity contribution in [3.8, 4) is 11.5 Å². The summed E-state index contributed by atoms with van der Waals surface area (Å²) >= 11 is 0. The van der Waals surface area contributed by atoms with Crippen LogP contribution in [0.25, 0.3) is 0 Å². The number of oxazole rings is 1. The van der Waals surface area contributed by atoms with Crippen molar-refractivity contribution in [3.05, 3.63) is 72.4 Å². The first-order valence-corrected chi connectivity index (χ1v) is 6.78. The van der Waals surface area contributed by atoms with Crippen LogP contribution in [-0.2, 0) is 0 Å². The van der Waals surface area contributed by atoms with E-state index in [4.69, 9.17) is 9.15 Å². The van der Waals surface area contributed by atoms with Gasteiger partial charge in [-0.15, -0.1) is 0 Å². The lowest BCUT2D eigenvalue weighted by atomic mass is 10.2. The number of rotatable bonds is 4. The number of nitrogens with one attached hydrogen (secondary N) is 1. The Bertz CT molecular complexity index is 781. The van der Waals surface area contributed by atoms with Gasteiger partial charge in [-0.05, 0) is 24.3 Å². The summed E-state index contributed by atoms with van der Waals surface area (Å²) in [4.78, 5) is 16.0. The molecule has 0 unspecified atom stereocenters. The number of ether oxygens (including phenoxy) is 1. The van der Waals surface area contributed by atoms with E-state index in [1.807, 2.05) is 42.5 Å². The summed E-state index contributed by atoms with van der Waals surface area (Å²) in [6.07, 6.45) is 1.39. The maximum atomic E-state index is 12.1. The van der Waals surface area contributed by atoms with Crippen LogP contribution >= 0.6 is 0 Å². The molecule has 110 valence electrons. The van der Waals surface area contributed by atoms with Crippen molar-refractivity contribution in [2.24, 2.45) is 0 Å². The number of carbonyl (C=O) groups excluding carboxylic acids is 1. The van der Waals surface area contributed by atoms with Crippen LogP contribution in [0.15, 0.2) is 65.2 Å². The minimum absolute atomic E-state index is 0.159. The molecule has 1 heterocycles. The number of benzene rings is 2. The smallest absolute Gasteiger partial charge is 0.293 e. The number of nitrogens with zero attached hydrogens (tertiary/aromatic N) is 1. The summed E-state index contributed by atoms with van der Waals surface area (Å²) in [7, 11) is 0. The molecule has 5 nitrogen and oxygen atoms in total. The number of amides is 1. The van der Waals surface area contributed by atoms with E-state index in [0.29, 0.717) is 23.1 Å². The Morgan fingerprint density at radius 2 is 1.82 bits per heavy atom. The third-order valence-electron chi connectivity index (χ3n) is 2.95. The number of para-hydroxylation sites is 3. The topological polar surface area (TPSA) is 64.4 Å². The Morgan fingerprint density at radius 3 is 2.55 bits per heavy atom. The highest BCUT2D eigenvalue weighted by molar-refractivity contribution is 6.02. The van der Waals surface area contributed by atoms with Crippen LogP contribution in [0, 0.1) is 6.92 Å². The lowest BCUT2D eigenvalue weighted by molar-refractivity contribution is 0.0995. The molecule has 22 heavy (non-hydrogen) atoms. The Hall–Kier alpha value is -3.08. The second-order valence-corrected chi connectivity index (χ2v) is 4.61. The Balaban J connectivity index is 1.81. The van der Waals surface area contributed by atoms with Gasteiger partial charge in [-0.1, -0.05) is 30.3 Å². The molecule has 2 aromatic carbocycles. The normalized spacial score (nSPS) is 10.2. The highest BCUT2D eigenvalue weighted by Crippen LogP contribution is 2.29. The van der Waals surface area contributed by atoms with Crippen molar-refractivity contribution in [1.82, 2.24) is 4.98 Å². The number of anilines is 1.